The van der Waals surface area contributed by atoms with Gasteiger partial charge in [-0.05, 0) is 36.3 Å². The summed E-state index contributed by atoms with van der Waals surface area (Å²) in [4.78, 5) is 14.0. The van der Waals surface area contributed by atoms with Crippen LogP contribution in [0.1, 0.15) is 13.3 Å². The molecule has 1 aliphatic rings. The van der Waals surface area contributed by atoms with Crippen molar-refractivity contribution in [3.8, 4) is 0 Å². The molecule has 1 amide bonds. The summed E-state index contributed by atoms with van der Waals surface area (Å²) in [7, 11) is 0. The maximum absolute atomic E-state index is 13.1. The average Bonchev–Trinajstić information content (AvgIpc) is 2.80. The maximum atomic E-state index is 13.1. The minimum Gasteiger partial charge on any atom is -0.396 e. The van der Waals surface area contributed by atoms with Crippen molar-refractivity contribution in [2.75, 3.05) is 23.8 Å². The molecule has 0 aromatic heterocycles. The molecule has 2 rings (SSSR count). The number of thioether (sulfide) groups is 1. The van der Waals surface area contributed by atoms with Crippen molar-refractivity contribution in [3.63, 3.8) is 0 Å². The number of benzene rings is 1. The molecule has 0 aliphatic carbocycles. The molecule has 1 aromatic rings. The number of nitrogens with zero attached hydrogens (tertiary/aromatic N) is 1. The molecule has 3 nitrogen and oxygen atoms in total. The van der Waals surface area contributed by atoms with Crippen molar-refractivity contribution >= 4 is 35.0 Å². The first-order chi connectivity index (χ1) is 9.52. The van der Waals surface area contributed by atoms with E-state index in [2.05, 4.69) is 0 Å². The fourth-order valence-electron chi connectivity index (χ4n) is 2.05. The Bertz CT molecular complexity index is 500. The smallest absolute Gasteiger partial charge is 0.240 e. The van der Waals surface area contributed by atoms with Gasteiger partial charge >= 0.3 is 0 Å². The zero-order valence-electron chi connectivity index (χ0n) is 11.2. The van der Waals surface area contributed by atoms with Gasteiger partial charge in [0.15, 0.2) is 0 Å². The van der Waals surface area contributed by atoms with Crippen LogP contribution in [0, 0.1) is 11.7 Å². The average molecular weight is 318 g/mol. The summed E-state index contributed by atoms with van der Waals surface area (Å²) in [6.07, 6.45) is 0.761. The number of rotatable bonds is 5. The molecule has 20 heavy (non-hydrogen) atoms. The maximum Gasteiger partial charge on any atom is 0.240 e. The Balaban J connectivity index is 2.01. The Morgan fingerprint density at radius 1 is 1.60 bits per heavy atom. The number of hydrogen-bond acceptors (Lipinski definition) is 3. The van der Waals surface area contributed by atoms with Crippen LogP contribution in [0.25, 0.3) is 0 Å². The van der Waals surface area contributed by atoms with Gasteiger partial charge in [-0.3, -0.25) is 4.79 Å². The molecule has 1 saturated heterocycles. The zero-order chi connectivity index (χ0) is 14.7. The topological polar surface area (TPSA) is 40.5 Å². The Kier molecular flexibility index (Phi) is 5.29. The van der Waals surface area contributed by atoms with E-state index in [1.54, 1.807) is 22.7 Å². The molecule has 0 spiro atoms. The third kappa shape index (κ3) is 3.45. The highest BCUT2D eigenvalue weighted by Gasteiger charge is 2.33. The van der Waals surface area contributed by atoms with Crippen LogP contribution in [-0.4, -0.2) is 35.2 Å². The molecule has 0 radical (unpaired) electrons. The lowest BCUT2D eigenvalue weighted by Crippen LogP contribution is -2.28. The standard InChI is InChI=1S/C14H17ClFNO2S/c1-9(7-18)8-20-13-4-5-17(14(13)19)10-2-3-12(16)11(15)6-10/h2-3,6,9,13,18H,4-5,7-8H2,1H3. The third-order valence-corrected chi connectivity index (χ3v) is 5.16. The first-order valence-electron chi connectivity index (χ1n) is 6.51. The minimum atomic E-state index is -0.482. The van der Waals surface area contributed by atoms with Crippen molar-refractivity contribution in [1.29, 1.82) is 0 Å². The molecule has 1 aliphatic heterocycles. The van der Waals surface area contributed by atoms with Gasteiger partial charge in [0.1, 0.15) is 5.82 Å². The third-order valence-electron chi connectivity index (χ3n) is 3.26. The van der Waals surface area contributed by atoms with E-state index in [9.17, 15) is 9.18 Å². The fourth-order valence-corrected chi connectivity index (χ4v) is 3.43. The van der Waals surface area contributed by atoms with Gasteiger partial charge in [-0.25, -0.2) is 4.39 Å². The molecule has 1 fully saturated rings. The number of halogens is 2. The normalized spacial score (nSPS) is 20.5. The number of carbonyl (C=O) groups is 1. The van der Waals surface area contributed by atoms with Gasteiger partial charge in [-0.2, -0.15) is 0 Å². The van der Waals surface area contributed by atoms with Crippen molar-refractivity contribution in [3.05, 3.63) is 29.0 Å². The van der Waals surface area contributed by atoms with E-state index in [4.69, 9.17) is 16.7 Å². The van der Waals surface area contributed by atoms with E-state index < -0.39 is 5.82 Å². The van der Waals surface area contributed by atoms with Gasteiger partial charge < -0.3 is 10.0 Å². The van der Waals surface area contributed by atoms with E-state index in [0.29, 0.717) is 12.2 Å². The number of anilines is 1. The van der Waals surface area contributed by atoms with Crippen LogP contribution in [0.2, 0.25) is 5.02 Å². The van der Waals surface area contributed by atoms with Gasteiger partial charge in [0.2, 0.25) is 5.91 Å². The van der Waals surface area contributed by atoms with Crippen LogP contribution < -0.4 is 4.90 Å². The molecular weight excluding hydrogens is 301 g/mol. The van der Waals surface area contributed by atoms with Crippen LogP contribution in [0.4, 0.5) is 10.1 Å². The highest BCUT2D eigenvalue weighted by Crippen LogP contribution is 2.31. The van der Waals surface area contributed by atoms with Crippen LogP contribution in [0.15, 0.2) is 18.2 Å². The number of hydrogen-bond donors (Lipinski definition) is 1. The molecule has 1 N–H and O–H groups in total. The van der Waals surface area contributed by atoms with Crippen molar-refractivity contribution in [2.45, 2.75) is 18.6 Å². The van der Waals surface area contributed by atoms with Crippen LogP contribution >= 0.6 is 23.4 Å². The molecule has 0 saturated carbocycles. The molecule has 110 valence electrons. The fraction of sp³-hybridized carbons (Fsp3) is 0.500. The van der Waals surface area contributed by atoms with Crippen molar-refractivity contribution in [1.82, 2.24) is 0 Å². The van der Waals surface area contributed by atoms with Crippen molar-refractivity contribution < 1.29 is 14.3 Å². The van der Waals surface area contributed by atoms with Gasteiger partial charge in [-0.15, -0.1) is 11.8 Å². The van der Waals surface area contributed by atoms with Crippen LogP contribution in [-0.2, 0) is 4.79 Å². The summed E-state index contributed by atoms with van der Waals surface area (Å²) < 4.78 is 13.1. The SMILES string of the molecule is CC(CO)CSC1CCN(c2ccc(F)c(Cl)c2)C1=O. The lowest BCUT2D eigenvalue weighted by Gasteiger charge is -2.17. The molecule has 1 heterocycles. The Hall–Kier alpha value is -0.780. The van der Waals surface area contributed by atoms with Gasteiger partial charge in [0.05, 0.1) is 10.3 Å². The molecule has 0 bridgehead atoms. The summed E-state index contributed by atoms with van der Waals surface area (Å²) >= 11 is 7.32. The van der Waals surface area contributed by atoms with E-state index in [1.807, 2.05) is 6.92 Å². The predicted octanol–water partition coefficient (Wildman–Crippen LogP) is 2.95. The second-order valence-corrected chi connectivity index (χ2v) is 6.63. The minimum absolute atomic E-state index is 0.0281. The number of aliphatic hydroxyl groups excluding tert-OH is 1. The number of amides is 1. The zero-order valence-corrected chi connectivity index (χ0v) is 12.8. The molecule has 6 heteroatoms. The van der Waals surface area contributed by atoms with Crippen LogP contribution in [0.3, 0.4) is 0 Å². The summed E-state index contributed by atoms with van der Waals surface area (Å²) in [6.45, 7) is 2.70. The second-order valence-electron chi connectivity index (χ2n) is 4.99. The number of aliphatic hydroxyl groups is 1. The van der Waals surface area contributed by atoms with E-state index >= 15 is 0 Å². The Morgan fingerprint density at radius 3 is 3.00 bits per heavy atom. The first kappa shape index (κ1) is 15.6. The first-order valence-corrected chi connectivity index (χ1v) is 7.94. The Morgan fingerprint density at radius 2 is 2.35 bits per heavy atom. The number of carbonyl (C=O) groups excluding carboxylic acids is 1. The summed E-state index contributed by atoms with van der Waals surface area (Å²) in [6, 6.07) is 4.33. The molecule has 2 unspecified atom stereocenters. The highest BCUT2D eigenvalue weighted by molar-refractivity contribution is 8.00. The quantitative estimate of drug-likeness (QED) is 0.907. The Labute approximate surface area is 127 Å². The summed E-state index contributed by atoms with van der Waals surface area (Å²) in [5.74, 6) is 0.486. The van der Waals surface area contributed by atoms with Gasteiger partial charge in [0.25, 0.3) is 0 Å². The molecule has 1 aromatic carbocycles. The lowest BCUT2D eigenvalue weighted by molar-refractivity contribution is -0.116. The monoisotopic (exact) mass is 317 g/mol. The summed E-state index contributed by atoms with van der Waals surface area (Å²) in [5.41, 5.74) is 0.639. The molecule has 2 atom stereocenters. The van der Waals surface area contributed by atoms with Crippen molar-refractivity contribution in [2.24, 2.45) is 5.92 Å². The lowest BCUT2D eigenvalue weighted by atomic mass is 10.2. The molecular formula is C14H17ClFNO2S. The second kappa shape index (κ2) is 6.78. The predicted molar refractivity (Wildman–Crippen MR) is 80.9 cm³/mol. The van der Waals surface area contributed by atoms with E-state index in [0.717, 1.165) is 12.2 Å². The summed E-state index contributed by atoms with van der Waals surface area (Å²) in [5, 5.41) is 8.94. The highest BCUT2D eigenvalue weighted by atomic mass is 35.5. The van der Waals surface area contributed by atoms with Crippen LogP contribution in [0.5, 0.6) is 0 Å². The largest absolute Gasteiger partial charge is 0.396 e. The van der Waals surface area contributed by atoms with E-state index in [-0.39, 0.29) is 28.7 Å². The van der Waals surface area contributed by atoms with Gasteiger partial charge in [-0.1, -0.05) is 18.5 Å². The van der Waals surface area contributed by atoms with Gasteiger partial charge in [0, 0.05) is 18.8 Å². The van der Waals surface area contributed by atoms with E-state index in [1.165, 1.54) is 12.1 Å².